The molecule has 2 fully saturated rings. The summed E-state index contributed by atoms with van der Waals surface area (Å²) in [6, 6.07) is 6.89. The fourth-order valence-electron chi connectivity index (χ4n) is 4.36. The van der Waals surface area contributed by atoms with Gasteiger partial charge < -0.3 is 19.7 Å². The molecule has 1 unspecified atom stereocenters. The van der Waals surface area contributed by atoms with Gasteiger partial charge in [0.2, 0.25) is 0 Å². The molecule has 0 amide bonds. The van der Waals surface area contributed by atoms with Gasteiger partial charge in [-0.15, -0.1) is 0 Å². The second-order valence-corrected chi connectivity index (χ2v) is 8.05. The molecule has 30 heavy (non-hydrogen) atoms. The second-order valence-electron chi connectivity index (χ2n) is 8.05. The maximum absolute atomic E-state index is 13.5. The maximum Gasteiger partial charge on any atom is 0.193 e. The molecule has 2 aliphatic rings. The number of aryl methyl sites for hydroxylation is 1. The third-order valence-corrected chi connectivity index (χ3v) is 6.17. The van der Waals surface area contributed by atoms with Crippen LogP contribution in [0.5, 0.6) is 0 Å². The molecule has 2 aliphatic heterocycles. The van der Waals surface area contributed by atoms with E-state index < -0.39 is 0 Å². The predicted octanol–water partition coefficient (Wildman–Crippen LogP) is 2.26. The van der Waals surface area contributed by atoms with Crippen LogP contribution in [0.1, 0.15) is 30.1 Å². The summed E-state index contributed by atoms with van der Waals surface area (Å²) >= 11 is 0. The van der Waals surface area contributed by atoms with Crippen molar-refractivity contribution in [3.63, 3.8) is 0 Å². The van der Waals surface area contributed by atoms with Gasteiger partial charge in [-0.2, -0.15) is 5.10 Å². The molecule has 0 spiro atoms. The molecule has 0 saturated carbocycles. The highest BCUT2D eigenvalue weighted by Gasteiger charge is 2.35. The van der Waals surface area contributed by atoms with Crippen molar-refractivity contribution in [2.45, 2.75) is 24.4 Å². The Bertz CT molecular complexity index is 861. The van der Waals surface area contributed by atoms with Gasteiger partial charge in [0.25, 0.3) is 0 Å². The molecule has 4 rings (SSSR count). The molecule has 1 atom stereocenters. The number of aromatic nitrogens is 2. The van der Waals surface area contributed by atoms with Gasteiger partial charge in [0, 0.05) is 57.6 Å². The summed E-state index contributed by atoms with van der Waals surface area (Å²) in [4.78, 5) is 6.77. The zero-order chi connectivity index (χ0) is 21.0. The van der Waals surface area contributed by atoms with Gasteiger partial charge in [-0.1, -0.05) is 12.1 Å². The molecule has 0 aliphatic carbocycles. The predicted molar refractivity (Wildman–Crippen MR) is 113 cm³/mol. The van der Waals surface area contributed by atoms with Crippen molar-refractivity contribution >= 4 is 5.96 Å². The van der Waals surface area contributed by atoms with Crippen LogP contribution in [0.3, 0.4) is 0 Å². The van der Waals surface area contributed by atoms with E-state index in [9.17, 15) is 4.39 Å². The number of ether oxygens (including phenoxy) is 2. The lowest BCUT2D eigenvalue weighted by Gasteiger charge is -2.40. The van der Waals surface area contributed by atoms with Crippen LogP contribution < -0.4 is 5.32 Å². The third kappa shape index (κ3) is 4.49. The number of hydrogen-bond donors (Lipinski definition) is 1. The number of aliphatic imine (C=N–C) groups is 1. The first-order valence-corrected chi connectivity index (χ1v) is 10.5. The van der Waals surface area contributed by atoms with E-state index in [-0.39, 0.29) is 17.3 Å². The van der Waals surface area contributed by atoms with Gasteiger partial charge in [-0.05, 0) is 30.5 Å². The molecule has 1 aromatic carbocycles. The summed E-state index contributed by atoms with van der Waals surface area (Å²) in [6.45, 7) is 4.28. The minimum atomic E-state index is -0.209. The highest BCUT2D eigenvalue weighted by Crippen LogP contribution is 2.34. The van der Waals surface area contributed by atoms with Crippen LogP contribution in [0.2, 0.25) is 0 Å². The number of nitrogens with zero attached hydrogens (tertiary/aromatic N) is 4. The lowest BCUT2D eigenvalue weighted by Crippen LogP contribution is -2.52. The smallest absolute Gasteiger partial charge is 0.193 e. The normalized spacial score (nSPS) is 22.2. The largest absolute Gasteiger partial charge is 0.381 e. The maximum atomic E-state index is 13.5. The molecule has 2 saturated heterocycles. The van der Waals surface area contributed by atoms with E-state index in [4.69, 9.17) is 9.47 Å². The van der Waals surface area contributed by atoms with Crippen molar-refractivity contribution in [3.05, 3.63) is 53.6 Å². The van der Waals surface area contributed by atoms with Crippen molar-refractivity contribution in [2.75, 3.05) is 46.5 Å². The topological polar surface area (TPSA) is 63.9 Å². The van der Waals surface area contributed by atoms with E-state index in [0.717, 1.165) is 49.6 Å². The van der Waals surface area contributed by atoms with E-state index in [1.54, 1.807) is 16.8 Å². The third-order valence-electron chi connectivity index (χ3n) is 6.17. The monoisotopic (exact) mass is 415 g/mol. The van der Waals surface area contributed by atoms with E-state index in [0.29, 0.717) is 19.8 Å². The first kappa shape index (κ1) is 20.8. The Morgan fingerprint density at radius 3 is 2.70 bits per heavy atom. The molecule has 0 bridgehead atoms. The Kier molecular flexibility index (Phi) is 6.34. The number of benzene rings is 1. The van der Waals surface area contributed by atoms with Gasteiger partial charge in [-0.3, -0.25) is 9.67 Å². The zero-order valence-corrected chi connectivity index (χ0v) is 17.7. The van der Waals surface area contributed by atoms with Crippen LogP contribution in [0.25, 0.3) is 0 Å². The van der Waals surface area contributed by atoms with Crippen LogP contribution >= 0.6 is 0 Å². The van der Waals surface area contributed by atoms with Gasteiger partial charge >= 0.3 is 0 Å². The van der Waals surface area contributed by atoms with Crippen molar-refractivity contribution in [3.8, 4) is 0 Å². The van der Waals surface area contributed by atoms with Crippen LogP contribution in [0, 0.1) is 5.82 Å². The molecule has 162 valence electrons. The molecule has 1 aromatic heterocycles. The van der Waals surface area contributed by atoms with Gasteiger partial charge in [-0.25, -0.2) is 4.39 Å². The average Bonchev–Trinajstić information content (AvgIpc) is 3.22. The number of hydrogen-bond acceptors (Lipinski definition) is 4. The van der Waals surface area contributed by atoms with E-state index in [1.165, 1.54) is 0 Å². The lowest BCUT2D eigenvalue weighted by molar-refractivity contribution is -0.00835. The van der Waals surface area contributed by atoms with Crippen molar-refractivity contribution in [2.24, 2.45) is 12.0 Å². The molecular formula is C22H30FN5O2. The Labute approximate surface area is 176 Å². The molecule has 2 aromatic rings. The SMILES string of the molecule is CN=C(NCC1(c2ccc(F)cc2)CCOCC1)N1CCOC(c2cnn(C)c2)C1. The molecule has 3 heterocycles. The summed E-state index contributed by atoms with van der Waals surface area (Å²) in [5, 5.41) is 7.85. The molecule has 1 N–H and O–H groups in total. The Morgan fingerprint density at radius 2 is 2.03 bits per heavy atom. The van der Waals surface area contributed by atoms with Crippen LogP contribution in [-0.2, 0) is 21.9 Å². The first-order valence-electron chi connectivity index (χ1n) is 10.5. The average molecular weight is 416 g/mol. The fourth-order valence-corrected chi connectivity index (χ4v) is 4.36. The summed E-state index contributed by atoms with van der Waals surface area (Å²) in [7, 11) is 3.72. The lowest BCUT2D eigenvalue weighted by atomic mass is 9.74. The highest BCUT2D eigenvalue weighted by atomic mass is 19.1. The molecule has 8 heteroatoms. The van der Waals surface area contributed by atoms with E-state index in [2.05, 4.69) is 20.3 Å². The van der Waals surface area contributed by atoms with Crippen LogP contribution in [-0.4, -0.2) is 67.1 Å². The van der Waals surface area contributed by atoms with Crippen LogP contribution in [0.15, 0.2) is 41.7 Å². The summed E-state index contributed by atoms with van der Waals surface area (Å²) in [5.41, 5.74) is 2.12. The zero-order valence-electron chi connectivity index (χ0n) is 17.7. The summed E-state index contributed by atoms with van der Waals surface area (Å²) in [6.07, 6.45) is 5.61. The number of nitrogens with one attached hydrogen (secondary N) is 1. The van der Waals surface area contributed by atoms with E-state index >= 15 is 0 Å². The van der Waals surface area contributed by atoms with E-state index in [1.807, 2.05) is 38.6 Å². The fraction of sp³-hybridized carbons (Fsp3) is 0.545. The van der Waals surface area contributed by atoms with Gasteiger partial charge in [0.15, 0.2) is 5.96 Å². The number of guanidine groups is 1. The van der Waals surface area contributed by atoms with Gasteiger partial charge in [0.05, 0.1) is 19.3 Å². The standard InChI is InChI=1S/C22H30FN5O2/c1-24-21(28-9-12-30-20(15-28)17-13-26-27(2)14-17)25-16-22(7-10-29-11-8-22)18-3-5-19(23)6-4-18/h3-6,13-14,20H,7-12,15-16H2,1-2H3,(H,24,25). The first-order chi connectivity index (χ1) is 14.6. The molecule has 0 radical (unpaired) electrons. The quantitative estimate of drug-likeness (QED) is 0.613. The number of rotatable bonds is 4. The molecular weight excluding hydrogens is 385 g/mol. The second kappa shape index (κ2) is 9.14. The Morgan fingerprint density at radius 1 is 1.27 bits per heavy atom. The number of halogens is 1. The van der Waals surface area contributed by atoms with Crippen molar-refractivity contribution in [1.29, 1.82) is 0 Å². The minimum absolute atomic E-state index is 0.0276. The molecule has 7 nitrogen and oxygen atoms in total. The van der Waals surface area contributed by atoms with Gasteiger partial charge in [0.1, 0.15) is 11.9 Å². The summed E-state index contributed by atoms with van der Waals surface area (Å²) < 4.78 is 26.9. The number of morpholine rings is 1. The highest BCUT2D eigenvalue weighted by molar-refractivity contribution is 5.80. The Hall–Kier alpha value is -2.45. The summed E-state index contributed by atoms with van der Waals surface area (Å²) in [5.74, 6) is 0.652. The minimum Gasteiger partial charge on any atom is -0.381 e. The van der Waals surface area contributed by atoms with Crippen LogP contribution in [0.4, 0.5) is 4.39 Å². The Balaban J connectivity index is 1.46. The van der Waals surface area contributed by atoms with Crippen molar-refractivity contribution < 1.29 is 13.9 Å². The van der Waals surface area contributed by atoms with Crippen molar-refractivity contribution in [1.82, 2.24) is 20.0 Å².